The molecule has 12 nitrogen and oxygen atoms in total. The van der Waals surface area contributed by atoms with Gasteiger partial charge in [-0.2, -0.15) is 5.10 Å². The van der Waals surface area contributed by atoms with Gasteiger partial charge in [0.1, 0.15) is 17.3 Å². The van der Waals surface area contributed by atoms with Crippen molar-refractivity contribution in [3.63, 3.8) is 0 Å². The van der Waals surface area contributed by atoms with Crippen LogP contribution in [0, 0.1) is 5.82 Å². The molecule has 0 atom stereocenters. The van der Waals surface area contributed by atoms with Gasteiger partial charge < -0.3 is 35.2 Å². The Morgan fingerprint density at radius 1 is 1.02 bits per heavy atom. The Balaban J connectivity index is 0.00000261. The molecule has 1 fully saturated rings. The van der Waals surface area contributed by atoms with Gasteiger partial charge in [0.15, 0.2) is 5.82 Å². The number of H-pyrrole nitrogens is 2. The molecule has 5 heterocycles. The number of nitrogens with zero attached hydrogens (tertiary/aromatic N) is 6. The van der Waals surface area contributed by atoms with Crippen molar-refractivity contribution in [3.8, 4) is 16.9 Å². The molecule has 2 aliphatic rings. The SMILES string of the molecule is COc1ccccc1-c1cc(C2=CCCN(C(=O)CCN=C/C=N\N)C2)c(F)c2[nH]c(C(=O)N3CCN(c4nccc5[nH]ccc45)CC3)cc12.[HH].[HH]. The van der Waals surface area contributed by atoms with Gasteiger partial charge in [-0.05, 0) is 47.9 Å². The number of benzene rings is 2. The lowest BCUT2D eigenvalue weighted by Gasteiger charge is -2.35. The van der Waals surface area contributed by atoms with E-state index >= 15 is 4.39 Å². The third-order valence-corrected chi connectivity index (χ3v) is 9.37. The number of hydrogen-bond acceptors (Lipinski definition) is 8. The number of carbonyl (C=O) groups excluding carboxylic acids is 2. The molecule has 3 aromatic heterocycles. The molecule has 2 aromatic carbocycles. The van der Waals surface area contributed by atoms with E-state index in [1.54, 1.807) is 35.2 Å². The van der Waals surface area contributed by atoms with Crippen LogP contribution in [-0.4, -0.2) is 102 Å². The molecule has 0 saturated carbocycles. The summed E-state index contributed by atoms with van der Waals surface area (Å²) < 4.78 is 22.4. The highest BCUT2D eigenvalue weighted by Crippen LogP contribution is 2.40. The van der Waals surface area contributed by atoms with Crippen molar-refractivity contribution in [2.75, 3.05) is 57.8 Å². The van der Waals surface area contributed by atoms with Crippen molar-refractivity contribution < 1.29 is 21.6 Å². The van der Waals surface area contributed by atoms with Crippen molar-refractivity contribution in [2.45, 2.75) is 12.8 Å². The Kier molecular flexibility index (Phi) is 9.28. The summed E-state index contributed by atoms with van der Waals surface area (Å²) in [6, 6.07) is 15.0. The maximum atomic E-state index is 16.7. The standard InChI is InChI=1S/C37H38FN9O3.2H2/c1-50-32-7-3-2-6-25(32)28-21-27(24-5-4-16-47(23-24)33(48)10-11-40-14-15-43-39)34(38)35-29(28)22-31(44-35)37(49)46-19-17-45(18-20-46)36-26-8-12-41-30(26)9-13-42-36;;/h2-3,5-9,12-15,21-22,41,44H,4,10-11,16-20,23,39H2,1H3;2*1H/b40-14?,43-15-;;. The summed E-state index contributed by atoms with van der Waals surface area (Å²) in [5.74, 6) is 5.85. The minimum atomic E-state index is -0.473. The Morgan fingerprint density at radius 3 is 2.68 bits per heavy atom. The topological polar surface area (TPSA) is 148 Å². The Bertz CT molecular complexity index is 2150. The maximum absolute atomic E-state index is 16.7. The third kappa shape index (κ3) is 6.29. The number of aromatic nitrogens is 3. The van der Waals surface area contributed by atoms with E-state index in [1.807, 2.05) is 48.7 Å². The summed E-state index contributed by atoms with van der Waals surface area (Å²) >= 11 is 0. The van der Waals surface area contributed by atoms with Gasteiger partial charge in [-0.15, -0.1) is 0 Å². The highest BCUT2D eigenvalue weighted by Gasteiger charge is 2.28. The van der Waals surface area contributed by atoms with E-state index in [-0.39, 0.29) is 33.1 Å². The minimum absolute atomic E-state index is 0. The number of hydrazone groups is 1. The molecule has 0 radical (unpaired) electrons. The number of aromatic amines is 2. The van der Waals surface area contributed by atoms with E-state index in [1.165, 1.54) is 12.4 Å². The number of nitrogens with two attached hydrogens (primary N) is 1. The molecule has 0 spiro atoms. The average molecular weight is 680 g/mol. The maximum Gasteiger partial charge on any atom is 0.270 e. The highest BCUT2D eigenvalue weighted by molar-refractivity contribution is 6.15. The number of methoxy groups -OCH3 is 1. The number of halogens is 1. The average Bonchev–Trinajstić information content (AvgIpc) is 3.83. The zero-order valence-corrected chi connectivity index (χ0v) is 27.7. The van der Waals surface area contributed by atoms with E-state index in [0.717, 1.165) is 27.8 Å². The van der Waals surface area contributed by atoms with E-state index in [0.29, 0.717) is 73.7 Å². The second-order valence-corrected chi connectivity index (χ2v) is 12.2. The summed E-state index contributed by atoms with van der Waals surface area (Å²) in [6.45, 7) is 3.30. The quantitative estimate of drug-likeness (QED) is 0.109. The fourth-order valence-corrected chi connectivity index (χ4v) is 6.84. The predicted octanol–water partition coefficient (Wildman–Crippen LogP) is 5.33. The van der Waals surface area contributed by atoms with E-state index in [9.17, 15) is 9.59 Å². The van der Waals surface area contributed by atoms with Crippen LogP contribution in [-0.2, 0) is 4.79 Å². The number of para-hydroxylation sites is 1. The van der Waals surface area contributed by atoms with Crippen LogP contribution in [0.5, 0.6) is 5.75 Å². The van der Waals surface area contributed by atoms with Crippen LogP contribution in [0.25, 0.3) is 38.5 Å². The number of aliphatic imine (C=N–C) groups is 1. The number of fused-ring (bicyclic) bond motifs is 2. The molecule has 260 valence electrons. The minimum Gasteiger partial charge on any atom is -0.496 e. The second kappa shape index (κ2) is 14.2. The predicted molar refractivity (Wildman–Crippen MR) is 199 cm³/mol. The van der Waals surface area contributed by atoms with Gasteiger partial charge >= 0.3 is 0 Å². The molecule has 13 heteroatoms. The number of carbonyl (C=O) groups is 2. The molecule has 4 N–H and O–H groups in total. The van der Waals surface area contributed by atoms with Gasteiger partial charge in [0.05, 0.1) is 24.4 Å². The number of pyridine rings is 1. The zero-order chi connectivity index (χ0) is 34.6. The first kappa shape index (κ1) is 32.6. The molecule has 2 amide bonds. The molecule has 0 aliphatic carbocycles. The third-order valence-electron chi connectivity index (χ3n) is 9.37. The summed E-state index contributed by atoms with van der Waals surface area (Å²) in [6.07, 6.45) is 9.27. The van der Waals surface area contributed by atoms with Gasteiger partial charge in [0.2, 0.25) is 5.91 Å². The molecular weight excluding hydrogens is 637 g/mol. The number of amides is 2. The summed E-state index contributed by atoms with van der Waals surface area (Å²) in [5, 5.41) is 4.98. The molecule has 5 aromatic rings. The van der Waals surface area contributed by atoms with Gasteiger partial charge in [0, 0.05) is 95.6 Å². The largest absolute Gasteiger partial charge is 0.496 e. The smallest absolute Gasteiger partial charge is 0.270 e. The monoisotopic (exact) mass is 679 g/mol. The van der Waals surface area contributed by atoms with E-state index in [2.05, 4.69) is 29.9 Å². The number of rotatable bonds is 9. The van der Waals surface area contributed by atoms with Gasteiger partial charge in [-0.25, -0.2) is 9.37 Å². The van der Waals surface area contributed by atoms with Crippen LogP contribution < -0.4 is 15.5 Å². The van der Waals surface area contributed by atoms with Crippen molar-refractivity contribution in [1.82, 2.24) is 24.8 Å². The van der Waals surface area contributed by atoms with E-state index in [4.69, 9.17) is 10.6 Å². The number of piperazine rings is 1. The molecule has 0 unspecified atom stereocenters. The first-order valence-electron chi connectivity index (χ1n) is 16.6. The first-order valence-corrected chi connectivity index (χ1v) is 16.6. The lowest BCUT2D eigenvalue weighted by atomic mass is 9.93. The number of nitrogens with one attached hydrogen (secondary N) is 2. The normalized spacial score (nSPS) is 15.5. The summed E-state index contributed by atoms with van der Waals surface area (Å²) in [4.78, 5) is 47.8. The van der Waals surface area contributed by atoms with Crippen LogP contribution in [0.4, 0.5) is 10.2 Å². The summed E-state index contributed by atoms with van der Waals surface area (Å²) in [7, 11) is 1.60. The van der Waals surface area contributed by atoms with Gasteiger partial charge in [-0.3, -0.25) is 14.6 Å². The number of ether oxygens (including phenoxy) is 1. The first-order chi connectivity index (χ1) is 24.5. The van der Waals surface area contributed by atoms with E-state index < -0.39 is 5.82 Å². The van der Waals surface area contributed by atoms with Gasteiger partial charge in [0.25, 0.3) is 5.91 Å². The number of anilines is 1. The Hall–Kier alpha value is -5.98. The van der Waals surface area contributed by atoms with Crippen molar-refractivity contribution in [3.05, 3.63) is 84.1 Å². The molecule has 7 rings (SSSR count). The lowest BCUT2D eigenvalue weighted by Crippen LogP contribution is -2.49. The Labute approximate surface area is 291 Å². The van der Waals surface area contributed by atoms with Gasteiger partial charge in [-0.1, -0.05) is 24.3 Å². The molecule has 2 aliphatic heterocycles. The molecule has 1 saturated heterocycles. The fraction of sp³-hybridized carbons (Fsp3) is 0.270. The molecule has 0 bridgehead atoms. The van der Waals surface area contributed by atoms with Crippen LogP contribution >= 0.6 is 0 Å². The van der Waals surface area contributed by atoms with Crippen LogP contribution in [0.1, 0.15) is 31.7 Å². The zero-order valence-electron chi connectivity index (χ0n) is 27.7. The van der Waals surface area contributed by atoms with Crippen LogP contribution in [0.2, 0.25) is 0 Å². The van der Waals surface area contributed by atoms with Crippen molar-refractivity contribution in [1.29, 1.82) is 0 Å². The van der Waals surface area contributed by atoms with Crippen LogP contribution in [0.15, 0.2) is 77.1 Å². The Morgan fingerprint density at radius 2 is 1.86 bits per heavy atom. The lowest BCUT2D eigenvalue weighted by molar-refractivity contribution is -0.130. The number of hydrogen-bond donors (Lipinski definition) is 3. The summed E-state index contributed by atoms with van der Waals surface area (Å²) in [5.41, 5.74) is 4.11. The fourth-order valence-electron chi connectivity index (χ4n) is 6.84. The molecular formula is C37H42FN9O3. The van der Waals surface area contributed by atoms with Crippen LogP contribution in [0.3, 0.4) is 0 Å². The van der Waals surface area contributed by atoms with Crippen molar-refractivity contribution in [2.24, 2.45) is 15.9 Å². The molecule has 50 heavy (non-hydrogen) atoms. The highest BCUT2D eigenvalue weighted by atomic mass is 19.1. The second-order valence-electron chi connectivity index (χ2n) is 12.2. The van der Waals surface area contributed by atoms with Crippen molar-refractivity contribution >= 4 is 57.4 Å².